The molecule has 1 aromatic rings. The molecule has 19 heavy (non-hydrogen) atoms. The van der Waals surface area contributed by atoms with Crippen LogP contribution in [-0.4, -0.2) is 51.3 Å². The Morgan fingerprint density at radius 1 is 1.32 bits per heavy atom. The average Bonchev–Trinajstić information content (AvgIpc) is 2.43. The van der Waals surface area contributed by atoms with Gasteiger partial charge in [0.15, 0.2) is 0 Å². The number of nitrogens with two attached hydrogens (primary N) is 1. The molecule has 5 nitrogen and oxygen atoms in total. The molecular weight excluding hydrogens is 244 g/mol. The van der Waals surface area contributed by atoms with Gasteiger partial charge in [-0.1, -0.05) is 12.1 Å². The van der Waals surface area contributed by atoms with E-state index in [0.717, 1.165) is 11.3 Å². The maximum atomic E-state index is 12.2. The zero-order valence-corrected chi connectivity index (χ0v) is 11.6. The molecular formula is C14H22N2O3. The van der Waals surface area contributed by atoms with E-state index in [1.54, 1.807) is 19.1 Å². The number of amides is 1. The number of benzene rings is 1. The summed E-state index contributed by atoms with van der Waals surface area (Å²) in [6.07, 6.45) is 0.348. The van der Waals surface area contributed by atoms with Crippen LogP contribution in [0.5, 0.6) is 5.75 Å². The van der Waals surface area contributed by atoms with Crippen LogP contribution in [-0.2, 0) is 16.0 Å². The van der Waals surface area contributed by atoms with Crippen molar-refractivity contribution in [2.75, 3.05) is 40.5 Å². The third-order valence-corrected chi connectivity index (χ3v) is 2.81. The Hall–Kier alpha value is -1.59. The second-order valence-corrected chi connectivity index (χ2v) is 4.19. The summed E-state index contributed by atoms with van der Waals surface area (Å²) in [5.74, 6) is 0.809. The topological polar surface area (TPSA) is 64.8 Å². The highest BCUT2D eigenvalue weighted by molar-refractivity contribution is 5.78. The van der Waals surface area contributed by atoms with Crippen molar-refractivity contribution in [1.29, 1.82) is 0 Å². The molecule has 1 amide bonds. The van der Waals surface area contributed by atoms with Crippen LogP contribution < -0.4 is 10.5 Å². The number of hydrogen-bond donors (Lipinski definition) is 1. The van der Waals surface area contributed by atoms with Crippen LogP contribution in [0.2, 0.25) is 0 Å². The maximum Gasteiger partial charge on any atom is 0.227 e. The summed E-state index contributed by atoms with van der Waals surface area (Å²) >= 11 is 0. The van der Waals surface area contributed by atoms with Crippen molar-refractivity contribution in [3.05, 3.63) is 29.8 Å². The predicted octanol–water partition coefficient (Wildman–Crippen LogP) is 0.671. The zero-order chi connectivity index (χ0) is 14.1. The molecule has 2 N–H and O–H groups in total. The molecule has 0 radical (unpaired) electrons. The van der Waals surface area contributed by atoms with E-state index in [-0.39, 0.29) is 5.91 Å². The molecule has 0 fully saturated rings. The minimum atomic E-state index is 0.0516. The van der Waals surface area contributed by atoms with E-state index in [0.29, 0.717) is 32.7 Å². The van der Waals surface area contributed by atoms with Crippen molar-refractivity contribution in [2.24, 2.45) is 5.73 Å². The van der Waals surface area contributed by atoms with Gasteiger partial charge in [-0.25, -0.2) is 0 Å². The Bertz CT molecular complexity index is 396. The summed E-state index contributed by atoms with van der Waals surface area (Å²) in [6.45, 7) is 2.08. The second-order valence-electron chi connectivity index (χ2n) is 4.19. The second kappa shape index (κ2) is 8.50. The van der Waals surface area contributed by atoms with Gasteiger partial charge >= 0.3 is 0 Å². The number of methoxy groups -OCH3 is 2. The van der Waals surface area contributed by atoms with Crippen LogP contribution >= 0.6 is 0 Å². The lowest BCUT2D eigenvalue weighted by Crippen LogP contribution is -2.38. The third-order valence-electron chi connectivity index (χ3n) is 2.81. The molecule has 1 aromatic carbocycles. The van der Waals surface area contributed by atoms with E-state index in [1.807, 2.05) is 24.3 Å². The lowest BCUT2D eigenvalue weighted by atomic mass is 10.1. The molecule has 0 aliphatic carbocycles. The Morgan fingerprint density at radius 3 is 2.74 bits per heavy atom. The van der Waals surface area contributed by atoms with E-state index in [4.69, 9.17) is 15.2 Å². The van der Waals surface area contributed by atoms with Crippen molar-refractivity contribution in [3.8, 4) is 5.75 Å². The van der Waals surface area contributed by atoms with Gasteiger partial charge in [0.05, 0.1) is 20.1 Å². The van der Waals surface area contributed by atoms with Gasteiger partial charge in [0.2, 0.25) is 5.91 Å². The highest BCUT2D eigenvalue weighted by atomic mass is 16.5. The highest BCUT2D eigenvalue weighted by Gasteiger charge is 2.13. The molecule has 0 atom stereocenters. The van der Waals surface area contributed by atoms with Crippen LogP contribution in [0.3, 0.4) is 0 Å². The standard InChI is InChI=1S/C14H22N2O3/c1-18-9-8-16(7-6-15)14(17)11-12-4-3-5-13(10-12)19-2/h3-5,10H,6-9,11,15H2,1-2H3. The lowest BCUT2D eigenvalue weighted by molar-refractivity contribution is -0.131. The first kappa shape index (κ1) is 15.5. The van der Waals surface area contributed by atoms with Crippen LogP contribution in [0.15, 0.2) is 24.3 Å². The van der Waals surface area contributed by atoms with Crippen molar-refractivity contribution in [2.45, 2.75) is 6.42 Å². The van der Waals surface area contributed by atoms with Gasteiger partial charge in [0.1, 0.15) is 5.75 Å². The molecule has 0 spiro atoms. The number of ether oxygens (including phenoxy) is 2. The summed E-state index contributed by atoms with van der Waals surface area (Å²) in [4.78, 5) is 13.9. The van der Waals surface area contributed by atoms with E-state index >= 15 is 0 Å². The van der Waals surface area contributed by atoms with E-state index in [9.17, 15) is 4.79 Å². The Balaban J connectivity index is 2.63. The summed E-state index contributed by atoms with van der Waals surface area (Å²) in [7, 11) is 3.23. The van der Waals surface area contributed by atoms with E-state index in [1.165, 1.54) is 0 Å². The molecule has 0 unspecified atom stereocenters. The Kier molecular flexibility index (Phi) is 6.92. The molecule has 106 valence electrons. The van der Waals surface area contributed by atoms with Crippen LogP contribution in [0.25, 0.3) is 0 Å². The van der Waals surface area contributed by atoms with Gasteiger partial charge in [-0.2, -0.15) is 0 Å². The number of hydrogen-bond acceptors (Lipinski definition) is 4. The zero-order valence-electron chi connectivity index (χ0n) is 11.6. The first-order chi connectivity index (χ1) is 9.21. The van der Waals surface area contributed by atoms with E-state index < -0.39 is 0 Å². The number of carbonyl (C=O) groups excluding carboxylic acids is 1. The minimum absolute atomic E-state index is 0.0516. The molecule has 0 heterocycles. The number of carbonyl (C=O) groups is 1. The number of rotatable bonds is 8. The summed E-state index contributed by atoms with van der Waals surface area (Å²) in [5, 5.41) is 0. The summed E-state index contributed by atoms with van der Waals surface area (Å²) in [5.41, 5.74) is 6.46. The Labute approximate surface area is 114 Å². The van der Waals surface area contributed by atoms with Gasteiger partial charge in [0.25, 0.3) is 0 Å². The van der Waals surface area contributed by atoms with Crippen LogP contribution in [0.4, 0.5) is 0 Å². The Morgan fingerprint density at radius 2 is 2.11 bits per heavy atom. The monoisotopic (exact) mass is 266 g/mol. The van der Waals surface area contributed by atoms with Gasteiger partial charge in [-0.05, 0) is 17.7 Å². The summed E-state index contributed by atoms with van der Waals surface area (Å²) in [6, 6.07) is 7.52. The van der Waals surface area contributed by atoms with Gasteiger partial charge in [0, 0.05) is 26.7 Å². The fraction of sp³-hybridized carbons (Fsp3) is 0.500. The molecule has 5 heteroatoms. The molecule has 0 saturated heterocycles. The smallest absolute Gasteiger partial charge is 0.227 e. The van der Waals surface area contributed by atoms with Crippen molar-refractivity contribution in [1.82, 2.24) is 4.90 Å². The van der Waals surface area contributed by atoms with E-state index in [2.05, 4.69) is 0 Å². The largest absolute Gasteiger partial charge is 0.497 e. The average molecular weight is 266 g/mol. The fourth-order valence-corrected chi connectivity index (χ4v) is 1.79. The SMILES string of the molecule is COCCN(CCN)C(=O)Cc1cccc(OC)c1. The predicted molar refractivity (Wildman–Crippen MR) is 74.2 cm³/mol. The van der Waals surface area contributed by atoms with Gasteiger partial charge in [-0.15, -0.1) is 0 Å². The third kappa shape index (κ3) is 5.28. The molecule has 0 aromatic heterocycles. The molecule has 1 rings (SSSR count). The fourth-order valence-electron chi connectivity index (χ4n) is 1.79. The molecule has 0 bridgehead atoms. The lowest BCUT2D eigenvalue weighted by Gasteiger charge is -2.21. The first-order valence-corrected chi connectivity index (χ1v) is 6.31. The first-order valence-electron chi connectivity index (χ1n) is 6.31. The maximum absolute atomic E-state index is 12.2. The van der Waals surface area contributed by atoms with Crippen LogP contribution in [0.1, 0.15) is 5.56 Å². The van der Waals surface area contributed by atoms with Crippen molar-refractivity contribution in [3.63, 3.8) is 0 Å². The van der Waals surface area contributed by atoms with Crippen LogP contribution in [0, 0.1) is 0 Å². The summed E-state index contributed by atoms with van der Waals surface area (Å²) < 4.78 is 10.1. The minimum Gasteiger partial charge on any atom is -0.497 e. The van der Waals surface area contributed by atoms with Gasteiger partial charge < -0.3 is 20.1 Å². The van der Waals surface area contributed by atoms with Crippen molar-refractivity contribution >= 4 is 5.91 Å². The highest BCUT2D eigenvalue weighted by Crippen LogP contribution is 2.13. The number of nitrogens with zero attached hydrogens (tertiary/aromatic N) is 1. The molecule has 0 aliphatic heterocycles. The quantitative estimate of drug-likeness (QED) is 0.751. The van der Waals surface area contributed by atoms with Gasteiger partial charge in [-0.3, -0.25) is 4.79 Å². The molecule has 0 aliphatic rings. The van der Waals surface area contributed by atoms with Crippen molar-refractivity contribution < 1.29 is 14.3 Å². The molecule has 0 saturated carbocycles. The normalized spacial score (nSPS) is 10.3.